The molecule has 0 saturated heterocycles. The Morgan fingerprint density at radius 3 is 2.61 bits per heavy atom. The van der Waals surface area contributed by atoms with Crippen LogP contribution in [0.3, 0.4) is 0 Å². The van der Waals surface area contributed by atoms with Gasteiger partial charge < -0.3 is 4.98 Å². The summed E-state index contributed by atoms with van der Waals surface area (Å²) in [7, 11) is 0. The highest BCUT2D eigenvalue weighted by Crippen LogP contribution is 2.26. The molecular weight excluding hydrogens is 337 g/mol. The highest BCUT2D eigenvalue weighted by molar-refractivity contribution is 14.1. The summed E-state index contributed by atoms with van der Waals surface area (Å²) in [5.41, 5.74) is 2.86. The van der Waals surface area contributed by atoms with Gasteiger partial charge in [-0.2, -0.15) is 0 Å². The maximum Gasteiger partial charge on any atom is 0.249 e. The minimum absolute atomic E-state index is 0.0671. The number of H-pyrrole nitrogens is 1. The molecule has 0 radical (unpaired) electrons. The molecule has 3 rings (SSSR count). The van der Waals surface area contributed by atoms with Gasteiger partial charge in [0.15, 0.2) is 0 Å². The van der Waals surface area contributed by atoms with Gasteiger partial charge in [0.25, 0.3) is 0 Å². The Morgan fingerprint density at radius 2 is 1.78 bits per heavy atom. The van der Waals surface area contributed by atoms with Gasteiger partial charge in [-0.15, -0.1) is 0 Å². The van der Waals surface area contributed by atoms with Gasteiger partial charge in [0.1, 0.15) is 0 Å². The van der Waals surface area contributed by atoms with Crippen LogP contribution in [0.2, 0.25) is 0 Å². The number of aromatic nitrogens is 1. The first kappa shape index (κ1) is 11.5. The Balaban J connectivity index is 2.38. The standard InChI is InChI=1S/C15H10INO/c16-11-5-3-4-10(8-11)13-9-15(18)17-14-7-2-1-6-12(13)14/h1-9H,(H,17,18). The fraction of sp³-hybridized carbons (Fsp3) is 0. The second kappa shape index (κ2) is 4.57. The van der Waals surface area contributed by atoms with E-state index in [0.717, 1.165) is 25.6 Å². The Morgan fingerprint density at radius 1 is 0.944 bits per heavy atom. The monoisotopic (exact) mass is 347 g/mol. The maximum absolute atomic E-state index is 11.7. The largest absolute Gasteiger partial charge is 0.322 e. The Labute approximate surface area is 118 Å². The SMILES string of the molecule is O=c1cc(-c2cccc(I)c2)c2ccccc2[nH]1. The quantitative estimate of drug-likeness (QED) is 0.668. The number of rotatable bonds is 1. The Hall–Kier alpha value is -1.62. The molecule has 0 spiro atoms. The first-order valence-corrected chi connectivity index (χ1v) is 6.70. The zero-order chi connectivity index (χ0) is 12.5. The number of hydrogen-bond donors (Lipinski definition) is 1. The molecule has 2 nitrogen and oxygen atoms in total. The van der Waals surface area contributed by atoms with Crippen molar-refractivity contribution in [2.75, 3.05) is 0 Å². The predicted octanol–water partition coefficient (Wildman–Crippen LogP) is 3.80. The first-order valence-electron chi connectivity index (χ1n) is 5.62. The predicted molar refractivity (Wildman–Crippen MR) is 82.7 cm³/mol. The van der Waals surface area contributed by atoms with Crippen molar-refractivity contribution < 1.29 is 0 Å². The number of benzene rings is 2. The Bertz CT molecular complexity index is 777. The van der Waals surface area contributed by atoms with Crippen molar-refractivity contribution in [2.45, 2.75) is 0 Å². The molecule has 0 aliphatic carbocycles. The lowest BCUT2D eigenvalue weighted by molar-refractivity contribution is 1.31. The summed E-state index contributed by atoms with van der Waals surface area (Å²) in [4.78, 5) is 14.6. The molecule has 0 fully saturated rings. The summed E-state index contributed by atoms with van der Waals surface area (Å²) in [5.74, 6) is 0. The van der Waals surface area contributed by atoms with E-state index < -0.39 is 0 Å². The smallest absolute Gasteiger partial charge is 0.249 e. The van der Waals surface area contributed by atoms with Crippen LogP contribution in [0.1, 0.15) is 0 Å². The molecule has 1 heterocycles. The summed E-state index contributed by atoms with van der Waals surface area (Å²) in [6.07, 6.45) is 0. The van der Waals surface area contributed by atoms with E-state index in [1.54, 1.807) is 6.07 Å². The third-order valence-electron chi connectivity index (χ3n) is 2.89. The molecular formula is C15H10INO. The summed E-state index contributed by atoms with van der Waals surface area (Å²) >= 11 is 2.28. The molecule has 0 aliphatic heterocycles. The van der Waals surface area contributed by atoms with Crippen LogP contribution < -0.4 is 5.56 Å². The lowest BCUT2D eigenvalue weighted by atomic mass is 10.0. The topological polar surface area (TPSA) is 32.9 Å². The van der Waals surface area contributed by atoms with Gasteiger partial charge >= 0.3 is 0 Å². The molecule has 0 amide bonds. The summed E-state index contributed by atoms with van der Waals surface area (Å²) in [6, 6.07) is 17.7. The number of fused-ring (bicyclic) bond motifs is 1. The van der Waals surface area contributed by atoms with Gasteiger partial charge in [-0.25, -0.2) is 0 Å². The van der Waals surface area contributed by atoms with E-state index in [1.807, 2.05) is 42.5 Å². The molecule has 88 valence electrons. The van der Waals surface area contributed by atoms with Crippen LogP contribution in [0.25, 0.3) is 22.0 Å². The van der Waals surface area contributed by atoms with Gasteiger partial charge in [0, 0.05) is 20.5 Å². The van der Waals surface area contributed by atoms with Crippen LogP contribution in [0, 0.1) is 3.57 Å². The zero-order valence-electron chi connectivity index (χ0n) is 9.48. The second-order valence-electron chi connectivity index (χ2n) is 4.10. The lowest BCUT2D eigenvalue weighted by Gasteiger charge is -2.06. The highest BCUT2D eigenvalue weighted by Gasteiger charge is 2.05. The lowest BCUT2D eigenvalue weighted by Crippen LogP contribution is -2.04. The average molecular weight is 347 g/mol. The molecule has 0 atom stereocenters. The molecule has 3 aromatic rings. The molecule has 0 bridgehead atoms. The van der Waals surface area contributed by atoms with E-state index in [0.29, 0.717) is 0 Å². The number of hydrogen-bond acceptors (Lipinski definition) is 1. The Kier molecular flexibility index (Phi) is 2.91. The molecule has 0 saturated carbocycles. The van der Waals surface area contributed by atoms with E-state index in [9.17, 15) is 4.79 Å². The van der Waals surface area contributed by atoms with Gasteiger partial charge in [-0.3, -0.25) is 4.79 Å². The zero-order valence-corrected chi connectivity index (χ0v) is 11.6. The fourth-order valence-electron chi connectivity index (χ4n) is 2.10. The van der Waals surface area contributed by atoms with Crippen molar-refractivity contribution in [3.05, 3.63) is 68.5 Å². The number of para-hydroxylation sites is 1. The van der Waals surface area contributed by atoms with E-state index >= 15 is 0 Å². The summed E-state index contributed by atoms with van der Waals surface area (Å²) in [6.45, 7) is 0. The van der Waals surface area contributed by atoms with E-state index in [2.05, 4.69) is 33.6 Å². The van der Waals surface area contributed by atoms with Crippen molar-refractivity contribution in [3.63, 3.8) is 0 Å². The molecule has 0 aliphatic rings. The summed E-state index contributed by atoms with van der Waals surface area (Å²) in [5, 5.41) is 1.07. The van der Waals surface area contributed by atoms with Crippen LogP contribution in [-0.4, -0.2) is 4.98 Å². The number of pyridine rings is 1. The minimum atomic E-state index is -0.0671. The van der Waals surface area contributed by atoms with Gasteiger partial charge in [-0.05, 0) is 51.9 Å². The van der Waals surface area contributed by atoms with Crippen molar-refractivity contribution in [1.82, 2.24) is 4.98 Å². The van der Waals surface area contributed by atoms with Gasteiger partial charge in [0.2, 0.25) is 5.56 Å². The highest BCUT2D eigenvalue weighted by atomic mass is 127. The van der Waals surface area contributed by atoms with Crippen LogP contribution in [0.5, 0.6) is 0 Å². The molecule has 2 aromatic carbocycles. The van der Waals surface area contributed by atoms with Gasteiger partial charge in [0.05, 0.1) is 0 Å². The van der Waals surface area contributed by atoms with Crippen LogP contribution in [-0.2, 0) is 0 Å². The van der Waals surface area contributed by atoms with Crippen molar-refractivity contribution in [1.29, 1.82) is 0 Å². The third kappa shape index (κ3) is 2.06. The molecule has 18 heavy (non-hydrogen) atoms. The van der Waals surface area contributed by atoms with Crippen LogP contribution in [0.15, 0.2) is 59.4 Å². The van der Waals surface area contributed by atoms with E-state index in [-0.39, 0.29) is 5.56 Å². The van der Waals surface area contributed by atoms with Crippen molar-refractivity contribution >= 4 is 33.5 Å². The molecule has 1 aromatic heterocycles. The van der Waals surface area contributed by atoms with Crippen LogP contribution in [0.4, 0.5) is 0 Å². The first-order chi connectivity index (χ1) is 8.74. The maximum atomic E-state index is 11.7. The number of aromatic amines is 1. The minimum Gasteiger partial charge on any atom is -0.322 e. The number of nitrogens with one attached hydrogen (secondary N) is 1. The van der Waals surface area contributed by atoms with E-state index in [4.69, 9.17) is 0 Å². The van der Waals surface area contributed by atoms with Crippen LogP contribution >= 0.6 is 22.6 Å². The summed E-state index contributed by atoms with van der Waals surface area (Å²) < 4.78 is 1.16. The van der Waals surface area contributed by atoms with Crippen molar-refractivity contribution in [2.24, 2.45) is 0 Å². The second-order valence-corrected chi connectivity index (χ2v) is 5.35. The third-order valence-corrected chi connectivity index (χ3v) is 3.56. The van der Waals surface area contributed by atoms with Gasteiger partial charge in [-0.1, -0.05) is 30.3 Å². The van der Waals surface area contributed by atoms with Crippen molar-refractivity contribution in [3.8, 4) is 11.1 Å². The van der Waals surface area contributed by atoms with E-state index in [1.165, 1.54) is 0 Å². The molecule has 0 unspecified atom stereocenters. The molecule has 1 N–H and O–H groups in total. The fourth-order valence-corrected chi connectivity index (χ4v) is 2.64. The number of halogens is 1. The normalized spacial score (nSPS) is 10.7. The average Bonchev–Trinajstić information content (AvgIpc) is 2.37. The molecule has 3 heteroatoms.